The number of allylic oxidation sites excluding steroid dienone is 1. The molecule has 1 aromatic heterocycles. The van der Waals surface area contributed by atoms with E-state index in [9.17, 15) is 4.79 Å². The summed E-state index contributed by atoms with van der Waals surface area (Å²) < 4.78 is 0.982. The third kappa shape index (κ3) is 3.67. The number of hydrazone groups is 1. The number of hydrogen-bond donors (Lipinski definition) is 1. The fourth-order valence-corrected chi connectivity index (χ4v) is 3.47. The molecule has 0 aliphatic heterocycles. The number of fused-ring (bicyclic) bond motifs is 1. The first-order valence-corrected chi connectivity index (χ1v) is 8.17. The molecule has 0 saturated carbocycles. The minimum Gasteiger partial charge on any atom is -0.266 e. The van der Waals surface area contributed by atoms with E-state index in [1.807, 2.05) is 60.7 Å². The van der Waals surface area contributed by atoms with E-state index in [4.69, 9.17) is 11.6 Å². The molecular weight excluding hydrogens is 328 g/mol. The molecule has 1 heterocycles. The Bertz CT molecular complexity index is 884. The molecule has 5 heteroatoms. The van der Waals surface area contributed by atoms with Crippen molar-refractivity contribution in [2.75, 3.05) is 0 Å². The maximum absolute atomic E-state index is 12.1. The first kappa shape index (κ1) is 15.5. The standard InChI is InChI=1S/C18H13ClN2OS/c19-16-14-10-4-5-11-15(14)23-17(16)18(22)21-20-12-6-9-13-7-2-1-3-8-13/h1-12H,(H,21,22)/b9-6-,20-12-. The molecule has 2 aromatic carbocycles. The van der Waals surface area contributed by atoms with Crippen LogP contribution in [0.2, 0.25) is 5.02 Å². The Morgan fingerprint density at radius 1 is 1.09 bits per heavy atom. The van der Waals surface area contributed by atoms with Crippen LogP contribution in [0, 0.1) is 0 Å². The maximum Gasteiger partial charge on any atom is 0.283 e. The van der Waals surface area contributed by atoms with Crippen LogP contribution >= 0.6 is 22.9 Å². The van der Waals surface area contributed by atoms with Crippen molar-refractivity contribution in [3.8, 4) is 0 Å². The number of thiophene rings is 1. The van der Waals surface area contributed by atoms with Crippen molar-refractivity contribution in [2.24, 2.45) is 5.10 Å². The predicted octanol–water partition coefficient (Wildman–Crippen LogP) is 4.98. The summed E-state index contributed by atoms with van der Waals surface area (Å²) in [5.74, 6) is -0.305. The largest absolute Gasteiger partial charge is 0.283 e. The molecule has 3 nitrogen and oxygen atoms in total. The number of nitrogens with zero attached hydrogens (tertiary/aromatic N) is 1. The highest BCUT2D eigenvalue weighted by molar-refractivity contribution is 7.21. The molecule has 0 bridgehead atoms. The van der Waals surface area contributed by atoms with E-state index in [0.717, 1.165) is 15.6 Å². The second-order valence-electron chi connectivity index (χ2n) is 4.73. The summed E-state index contributed by atoms with van der Waals surface area (Å²) >= 11 is 7.61. The lowest BCUT2D eigenvalue weighted by atomic mass is 10.2. The van der Waals surface area contributed by atoms with Gasteiger partial charge in [-0.15, -0.1) is 11.3 Å². The number of amides is 1. The number of nitrogens with one attached hydrogen (secondary N) is 1. The Hall–Kier alpha value is -2.43. The number of halogens is 1. The predicted molar refractivity (Wildman–Crippen MR) is 98.3 cm³/mol. The van der Waals surface area contributed by atoms with Crippen molar-refractivity contribution in [1.82, 2.24) is 5.43 Å². The van der Waals surface area contributed by atoms with E-state index in [0.29, 0.717) is 9.90 Å². The highest BCUT2D eigenvalue weighted by Gasteiger charge is 2.16. The molecule has 0 atom stereocenters. The zero-order valence-electron chi connectivity index (χ0n) is 12.1. The van der Waals surface area contributed by atoms with Gasteiger partial charge in [-0.3, -0.25) is 4.79 Å². The summed E-state index contributed by atoms with van der Waals surface area (Å²) in [6.07, 6.45) is 5.20. The van der Waals surface area contributed by atoms with E-state index >= 15 is 0 Å². The van der Waals surface area contributed by atoms with E-state index < -0.39 is 0 Å². The quantitative estimate of drug-likeness (QED) is 0.528. The molecule has 0 saturated heterocycles. The molecule has 1 N–H and O–H groups in total. The van der Waals surface area contributed by atoms with Crippen LogP contribution in [0.25, 0.3) is 16.2 Å². The highest BCUT2D eigenvalue weighted by atomic mass is 35.5. The van der Waals surface area contributed by atoms with Gasteiger partial charge >= 0.3 is 0 Å². The number of carbonyl (C=O) groups excluding carboxylic acids is 1. The van der Waals surface area contributed by atoms with Crippen LogP contribution < -0.4 is 5.43 Å². The van der Waals surface area contributed by atoms with E-state index in [1.165, 1.54) is 17.6 Å². The van der Waals surface area contributed by atoms with Gasteiger partial charge in [-0.1, -0.05) is 66.2 Å². The van der Waals surface area contributed by atoms with Crippen molar-refractivity contribution in [3.05, 3.63) is 76.1 Å². The lowest BCUT2D eigenvalue weighted by Crippen LogP contribution is -2.16. The summed E-state index contributed by atoms with van der Waals surface area (Å²) in [7, 11) is 0. The highest BCUT2D eigenvalue weighted by Crippen LogP contribution is 2.34. The van der Waals surface area contributed by atoms with Gasteiger partial charge in [0.05, 0.1) is 5.02 Å². The second-order valence-corrected chi connectivity index (χ2v) is 6.16. The van der Waals surface area contributed by atoms with Gasteiger partial charge in [0.2, 0.25) is 0 Å². The molecule has 0 fully saturated rings. The maximum atomic E-state index is 12.1. The minimum absolute atomic E-state index is 0.305. The molecule has 3 aromatic rings. The molecular formula is C18H13ClN2OS. The Morgan fingerprint density at radius 3 is 2.61 bits per heavy atom. The minimum atomic E-state index is -0.305. The van der Waals surface area contributed by atoms with Crippen LogP contribution in [0.4, 0.5) is 0 Å². The van der Waals surface area contributed by atoms with Crippen molar-refractivity contribution in [3.63, 3.8) is 0 Å². The van der Waals surface area contributed by atoms with Gasteiger partial charge in [-0.25, -0.2) is 5.43 Å². The summed E-state index contributed by atoms with van der Waals surface area (Å²) in [6.45, 7) is 0. The summed E-state index contributed by atoms with van der Waals surface area (Å²) in [5.41, 5.74) is 3.56. The monoisotopic (exact) mass is 340 g/mol. The molecule has 3 rings (SSSR count). The molecule has 0 radical (unpaired) electrons. The van der Waals surface area contributed by atoms with Gasteiger partial charge in [-0.05, 0) is 17.7 Å². The van der Waals surface area contributed by atoms with Crippen LogP contribution in [0.1, 0.15) is 15.2 Å². The number of carbonyl (C=O) groups is 1. The first-order chi connectivity index (χ1) is 11.3. The van der Waals surface area contributed by atoms with Crippen LogP contribution in [0.15, 0.2) is 65.8 Å². The number of benzene rings is 2. The van der Waals surface area contributed by atoms with Gasteiger partial charge in [-0.2, -0.15) is 5.10 Å². The fraction of sp³-hybridized carbons (Fsp3) is 0. The molecule has 0 aliphatic carbocycles. The third-order valence-corrected chi connectivity index (χ3v) is 4.83. The molecule has 23 heavy (non-hydrogen) atoms. The van der Waals surface area contributed by atoms with Crippen LogP contribution in [0.5, 0.6) is 0 Å². The van der Waals surface area contributed by atoms with Gasteiger partial charge in [0.25, 0.3) is 5.91 Å². The van der Waals surface area contributed by atoms with Crippen molar-refractivity contribution < 1.29 is 4.79 Å². The molecule has 1 amide bonds. The van der Waals surface area contributed by atoms with Gasteiger partial charge in [0.15, 0.2) is 0 Å². The zero-order valence-corrected chi connectivity index (χ0v) is 13.6. The number of hydrogen-bond acceptors (Lipinski definition) is 3. The smallest absolute Gasteiger partial charge is 0.266 e. The summed E-state index contributed by atoms with van der Waals surface area (Å²) in [6, 6.07) is 17.5. The van der Waals surface area contributed by atoms with E-state index in [1.54, 1.807) is 6.08 Å². The Morgan fingerprint density at radius 2 is 1.83 bits per heavy atom. The summed E-state index contributed by atoms with van der Waals surface area (Å²) in [4.78, 5) is 12.6. The molecule has 114 valence electrons. The topological polar surface area (TPSA) is 41.5 Å². The Balaban J connectivity index is 1.66. The normalized spacial score (nSPS) is 11.5. The fourth-order valence-electron chi connectivity index (χ4n) is 2.07. The zero-order chi connectivity index (χ0) is 16.1. The second kappa shape index (κ2) is 7.22. The third-order valence-electron chi connectivity index (χ3n) is 3.16. The van der Waals surface area contributed by atoms with Gasteiger partial charge in [0, 0.05) is 16.3 Å². The first-order valence-electron chi connectivity index (χ1n) is 6.98. The van der Waals surface area contributed by atoms with Crippen LogP contribution in [-0.2, 0) is 0 Å². The van der Waals surface area contributed by atoms with Crippen LogP contribution in [0.3, 0.4) is 0 Å². The lowest BCUT2D eigenvalue weighted by molar-refractivity contribution is 0.0959. The van der Waals surface area contributed by atoms with Crippen molar-refractivity contribution in [2.45, 2.75) is 0 Å². The van der Waals surface area contributed by atoms with Crippen molar-refractivity contribution in [1.29, 1.82) is 0 Å². The average molecular weight is 341 g/mol. The van der Waals surface area contributed by atoms with E-state index in [-0.39, 0.29) is 5.91 Å². The molecule has 0 aliphatic rings. The van der Waals surface area contributed by atoms with Gasteiger partial charge < -0.3 is 0 Å². The van der Waals surface area contributed by atoms with E-state index in [2.05, 4.69) is 10.5 Å². The van der Waals surface area contributed by atoms with Crippen molar-refractivity contribution >= 4 is 51.2 Å². The molecule has 0 unspecified atom stereocenters. The average Bonchev–Trinajstić information content (AvgIpc) is 2.93. The summed E-state index contributed by atoms with van der Waals surface area (Å²) in [5, 5.41) is 5.27. The Labute approximate surface area is 142 Å². The lowest BCUT2D eigenvalue weighted by Gasteiger charge is -1.96. The number of rotatable bonds is 4. The molecule has 0 spiro atoms. The van der Waals surface area contributed by atoms with Gasteiger partial charge in [0.1, 0.15) is 4.88 Å². The Kier molecular flexibility index (Phi) is 4.86. The van der Waals surface area contributed by atoms with Crippen LogP contribution in [-0.4, -0.2) is 12.1 Å². The SMILES string of the molecule is O=C(N/N=C\C=C/c1ccccc1)c1sc2ccccc2c1Cl.